The lowest BCUT2D eigenvalue weighted by molar-refractivity contribution is -0.120. The van der Waals surface area contributed by atoms with Gasteiger partial charge in [-0.1, -0.05) is 12.1 Å². The highest BCUT2D eigenvalue weighted by atomic mass is 32.2. The minimum atomic E-state index is -3.50. The van der Waals surface area contributed by atoms with E-state index < -0.39 is 10.2 Å². The number of hydrogen-bond donors (Lipinski definition) is 1. The minimum Gasteiger partial charge on any atom is -0.326 e. The monoisotopic (exact) mass is 350 g/mol. The summed E-state index contributed by atoms with van der Waals surface area (Å²) in [6.45, 7) is 0.631. The Balaban J connectivity index is 2.00. The molecule has 1 aromatic carbocycles. The van der Waals surface area contributed by atoms with Crippen molar-refractivity contribution >= 4 is 21.8 Å². The molecule has 7 nitrogen and oxygen atoms in total. The van der Waals surface area contributed by atoms with E-state index in [1.807, 2.05) is 0 Å². The second kappa shape index (κ2) is 7.75. The second-order valence-electron chi connectivity index (χ2n) is 6.01. The predicted molar refractivity (Wildman–Crippen MR) is 91.3 cm³/mol. The van der Waals surface area contributed by atoms with Crippen molar-refractivity contribution in [2.45, 2.75) is 19.3 Å². The number of carbonyl (C=O) groups excluding carboxylic acids is 1. The van der Waals surface area contributed by atoms with E-state index in [-0.39, 0.29) is 18.4 Å². The van der Waals surface area contributed by atoms with E-state index in [4.69, 9.17) is 5.26 Å². The van der Waals surface area contributed by atoms with E-state index in [0.717, 1.165) is 5.56 Å². The molecule has 0 saturated carbocycles. The summed E-state index contributed by atoms with van der Waals surface area (Å²) in [7, 11) is -0.519. The van der Waals surface area contributed by atoms with Crippen LogP contribution < -0.4 is 5.32 Å². The van der Waals surface area contributed by atoms with Crippen LogP contribution >= 0.6 is 0 Å². The quantitative estimate of drug-likeness (QED) is 0.864. The van der Waals surface area contributed by atoms with Crippen LogP contribution in [0.1, 0.15) is 18.4 Å². The van der Waals surface area contributed by atoms with Gasteiger partial charge in [0.15, 0.2) is 0 Å². The van der Waals surface area contributed by atoms with Crippen molar-refractivity contribution in [1.82, 2.24) is 8.61 Å². The van der Waals surface area contributed by atoms with E-state index in [0.29, 0.717) is 31.5 Å². The largest absolute Gasteiger partial charge is 0.326 e. The predicted octanol–water partition coefficient (Wildman–Crippen LogP) is 1.21. The van der Waals surface area contributed by atoms with E-state index in [1.54, 1.807) is 24.3 Å². The van der Waals surface area contributed by atoms with E-state index in [1.165, 1.54) is 22.7 Å². The first-order valence-corrected chi connectivity index (χ1v) is 9.18. The first-order valence-electron chi connectivity index (χ1n) is 7.79. The third kappa shape index (κ3) is 4.32. The second-order valence-corrected chi connectivity index (χ2v) is 8.15. The van der Waals surface area contributed by atoms with Crippen molar-refractivity contribution in [3.8, 4) is 6.07 Å². The molecule has 0 aliphatic carbocycles. The summed E-state index contributed by atoms with van der Waals surface area (Å²) in [5.41, 5.74) is 1.53. The smallest absolute Gasteiger partial charge is 0.281 e. The summed E-state index contributed by atoms with van der Waals surface area (Å²) in [4.78, 5) is 12.4. The average molecular weight is 350 g/mol. The Labute approximate surface area is 143 Å². The number of rotatable bonds is 5. The molecular formula is C16H22N4O3S. The Hall–Kier alpha value is -1.95. The van der Waals surface area contributed by atoms with Gasteiger partial charge >= 0.3 is 0 Å². The third-order valence-electron chi connectivity index (χ3n) is 4.05. The fourth-order valence-electron chi connectivity index (χ4n) is 2.64. The van der Waals surface area contributed by atoms with Crippen molar-refractivity contribution in [1.29, 1.82) is 5.26 Å². The Morgan fingerprint density at radius 1 is 1.38 bits per heavy atom. The maximum absolute atomic E-state index is 12.4. The molecule has 1 aliphatic heterocycles. The minimum absolute atomic E-state index is 0.179. The number of hydrogen-bond acceptors (Lipinski definition) is 4. The molecule has 24 heavy (non-hydrogen) atoms. The molecule has 2 rings (SSSR count). The van der Waals surface area contributed by atoms with Gasteiger partial charge < -0.3 is 5.32 Å². The van der Waals surface area contributed by atoms with Crippen molar-refractivity contribution in [2.75, 3.05) is 32.5 Å². The van der Waals surface area contributed by atoms with Gasteiger partial charge in [-0.3, -0.25) is 4.79 Å². The molecular weight excluding hydrogens is 328 g/mol. The van der Waals surface area contributed by atoms with Crippen LogP contribution in [0, 0.1) is 17.2 Å². The lowest BCUT2D eigenvalue weighted by Crippen LogP contribution is -2.47. The Morgan fingerprint density at radius 3 is 2.62 bits per heavy atom. The van der Waals surface area contributed by atoms with Crippen LogP contribution in [0.5, 0.6) is 0 Å². The summed E-state index contributed by atoms with van der Waals surface area (Å²) >= 11 is 0. The highest BCUT2D eigenvalue weighted by Crippen LogP contribution is 2.22. The molecule has 1 N–H and O–H groups in total. The molecule has 1 aliphatic rings. The fraction of sp³-hybridized carbons (Fsp3) is 0.500. The maximum atomic E-state index is 12.4. The first kappa shape index (κ1) is 18.4. The maximum Gasteiger partial charge on any atom is 0.281 e. The zero-order chi connectivity index (χ0) is 17.7. The lowest BCUT2D eigenvalue weighted by Gasteiger charge is -2.32. The van der Waals surface area contributed by atoms with Crippen LogP contribution in [0.15, 0.2) is 24.3 Å². The van der Waals surface area contributed by atoms with E-state index in [2.05, 4.69) is 11.4 Å². The summed E-state index contributed by atoms with van der Waals surface area (Å²) in [6, 6.07) is 9.16. The molecule has 130 valence electrons. The number of nitrogens with one attached hydrogen (secondary N) is 1. The number of piperidine rings is 1. The number of anilines is 1. The molecule has 1 aromatic rings. The van der Waals surface area contributed by atoms with Crippen LogP contribution in [0.3, 0.4) is 0 Å². The van der Waals surface area contributed by atoms with Crippen LogP contribution in [-0.2, 0) is 21.4 Å². The molecule has 1 heterocycles. The van der Waals surface area contributed by atoms with Gasteiger partial charge in [-0.15, -0.1) is 0 Å². The Kier molecular flexibility index (Phi) is 5.94. The summed E-state index contributed by atoms with van der Waals surface area (Å²) < 4.78 is 26.9. The zero-order valence-corrected chi connectivity index (χ0v) is 14.7. The summed E-state index contributed by atoms with van der Waals surface area (Å²) in [5, 5.41) is 11.5. The summed E-state index contributed by atoms with van der Waals surface area (Å²) in [5.74, 6) is -0.547. The number of amides is 1. The SMILES string of the molecule is CN(C)S(=O)(=O)N1CCC[C@@H](C(=O)Nc2ccc(CC#N)cc2)C1. The van der Waals surface area contributed by atoms with Crippen LogP contribution in [0.2, 0.25) is 0 Å². The number of nitrogens with zero attached hydrogens (tertiary/aromatic N) is 3. The molecule has 1 fully saturated rings. The van der Waals surface area contributed by atoms with Gasteiger partial charge in [-0.25, -0.2) is 0 Å². The van der Waals surface area contributed by atoms with Gasteiger partial charge in [0.2, 0.25) is 5.91 Å². The van der Waals surface area contributed by atoms with E-state index in [9.17, 15) is 13.2 Å². The van der Waals surface area contributed by atoms with Gasteiger partial charge in [-0.05, 0) is 30.5 Å². The molecule has 0 spiro atoms. The van der Waals surface area contributed by atoms with Gasteiger partial charge in [-0.2, -0.15) is 22.3 Å². The third-order valence-corrected chi connectivity index (χ3v) is 5.95. The van der Waals surface area contributed by atoms with Crippen molar-refractivity contribution < 1.29 is 13.2 Å². The molecule has 0 radical (unpaired) electrons. The molecule has 0 bridgehead atoms. The van der Waals surface area contributed by atoms with Gasteiger partial charge in [0.05, 0.1) is 18.4 Å². The van der Waals surface area contributed by atoms with Crippen LogP contribution in [0.4, 0.5) is 5.69 Å². The van der Waals surface area contributed by atoms with Crippen molar-refractivity contribution in [3.63, 3.8) is 0 Å². The fourth-order valence-corrected chi connectivity index (χ4v) is 3.83. The van der Waals surface area contributed by atoms with Crippen LogP contribution in [0.25, 0.3) is 0 Å². The standard InChI is InChI=1S/C16H22N4O3S/c1-19(2)24(22,23)20-11-3-4-14(12-20)16(21)18-15-7-5-13(6-8-15)9-10-17/h5-8,14H,3-4,9,11-12H2,1-2H3,(H,18,21)/t14-/m1/s1. The van der Waals surface area contributed by atoms with Crippen LogP contribution in [-0.4, -0.2) is 50.1 Å². The zero-order valence-electron chi connectivity index (χ0n) is 13.9. The Bertz CT molecular complexity index is 723. The Morgan fingerprint density at radius 2 is 2.04 bits per heavy atom. The summed E-state index contributed by atoms with van der Waals surface area (Å²) in [6.07, 6.45) is 1.65. The van der Waals surface area contributed by atoms with Crippen molar-refractivity contribution in [2.24, 2.45) is 5.92 Å². The average Bonchev–Trinajstić information content (AvgIpc) is 2.57. The molecule has 1 amide bonds. The molecule has 0 aromatic heterocycles. The number of nitriles is 1. The van der Waals surface area contributed by atoms with Gasteiger partial charge in [0, 0.05) is 32.9 Å². The molecule has 1 saturated heterocycles. The van der Waals surface area contributed by atoms with Gasteiger partial charge in [0.25, 0.3) is 10.2 Å². The number of carbonyl (C=O) groups is 1. The first-order chi connectivity index (χ1) is 11.3. The molecule has 1 atom stereocenters. The number of benzene rings is 1. The normalized spacial score (nSPS) is 19.0. The lowest BCUT2D eigenvalue weighted by atomic mass is 9.98. The van der Waals surface area contributed by atoms with Gasteiger partial charge in [0.1, 0.15) is 0 Å². The van der Waals surface area contributed by atoms with E-state index >= 15 is 0 Å². The molecule has 0 unspecified atom stereocenters. The molecule has 8 heteroatoms. The highest BCUT2D eigenvalue weighted by molar-refractivity contribution is 7.86. The highest BCUT2D eigenvalue weighted by Gasteiger charge is 2.33. The van der Waals surface area contributed by atoms with Crippen molar-refractivity contribution in [3.05, 3.63) is 29.8 Å². The topological polar surface area (TPSA) is 93.5 Å².